The lowest BCUT2D eigenvalue weighted by atomic mass is 10.0. The van der Waals surface area contributed by atoms with Gasteiger partial charge in [-0.2, -0.15) is 0 Å². The molecule has 0 bridgehead atoms. The second kappa shape index (κ2) is 9.09. The quantitative estimate of drug-likeness (QED) is 0.538. The zero-order chi connectivity index (χ0) is 21.7. The number of anilines is 1. The number of benzene rings is 1. The molecule has 0 fully saturated rings. The molecule has 2 heterocycles. The molecule has 0 atom stereocenters. The molecule has 2 N–H and O–H groups in total. The van der Waals surface area contributed by atoms with Crippen molar-refractivity contribution in [2.45, 2.75) is 33.3 Å². The van der Waals surface area contributed by atoms with Gasteiger partial charge in [-0.1, -0.05) is 24.8 Å². The third kappa shape index (κ3) is 6.15. The molecule has 0 aliphatic rings. The Labute approximate surface area is 181 Å². The predicted octanol–water partition coefficient (Wildman–Crippen LogP) is 5.63. The normalized spacial score (nSPS) is 11.1. The number of amides is 1. The molecule has 0 saturated carbocycles. The van der Waals surface area contributed by atoms with Gasteiger partial charge in [0, 0.05) is 28.5 Å². The summed E-state index contributed by atoms with van der Waals surface area (Å²) in [5.74, 6) is 0. The third-order valence-corrected chi connectivity index (χ3v) is 4.78. The van der Waals surface area contributed by atoms with Crippen LogP contribution in [0, 0.1) is 6.92 Å². The predicted molar refractivity (Wildman–Crippen MR) is 123 cm³/mol. The number of hydrogen-bond acceptors (Lipinski definition) is 6. The first kappa shape index (κ1) is 21.5. The Morgan fingerprint density at radius 2 is 1.90 bits per heavy atom. The van der Waals surface area contributed by atoms with Crippen molar-refractivity contribution in [3.8, 4) is 22.4 Å². The lowest BCUT2D eigenvalue weighted by molar-refractivity contribution is 0.0533. The van der Waals surface area contributed by atoms with E-state index in [4.69, 9.17) is 4.74 Å². The summed E-state index contributed by atoms with van der Waals surface area (Å²) in [6.45, 7) is 11.6. The van der Waals surface area contributed by atoms with Crippen LogP contribution in [0.4, 0.5) is 9.93 Å². The van der Waals surface area contributed by atoms with Crippen molar-refractivity contribution in [3.63, 3.8) is 0 Å². The first-order chi connectivity index (χ1) is 14.2. The van der Waals surface area contributed by atoms with E-state index in [1.807, 2.05) is 57.5 Å². The van der Waals surface area contributed by atoms with E-state index >= 15 is 0 Å². The van der Waals surface area contributed by atoms with Crippen molar-refractivity contribution >= 4 is 22.6 Å². The molecule has 1 aromatic carbocycles. The van der Waals surface area contributed by atoms with Crippen molar-refractivity contribution in [1.29, 1.82) is 0 Å². The largest absolute Gasteiger partial charge is 0.444 e. The molecule has 1 amide bonds. The summed E-state index contributed by atoms with van der Waals surface area (Å²) in [5.41, 5.74) is 5.23. The Morgan fingerprint density at radius 3 is 2.63 bits per heavy atom. The van der Waals surface area contributed by atoms with Crippen LogP contribution >= 0.6 is 11.3 Å². The number of hydrogen-bond donors (Lipinski definition) is 2. The van der Waals surface area contributed by atoms with Gasteiger partial charge in [-0.25, -0.2) is 9.78 Å². The SMILES string of the molecule is C=C(CNC(=O)OC(C)(C)C)Nc1nc(-c2cccc(-c3ccnc(C)c3)c2)cs1. The van der Waals surface area contributed by atoms with Crippen LogP contribution in [0.1, 0.15) is 26.5 Å². The summed E-state index contributed by atoms with van der Waals surface area (Å²) in [6, 6.07) is 12.3. The zero-order valence-corrected chi connectivity index (χ0v) is 18.5. The Bertz CT molecular complexity index is 1050. The van der Waals surface area contributed by atoms with Gasteiger partial charge in [-0.3, -0.25) is 4.98 Å². The number of aromatic nitrogens is 2. The van der Waals surface area contributed by atoms with Crippen LogP contribution < -0.4 is 10.6 Å². The van der Waals surface area contributed by atoms with Crippen molar-refractivity contribution in [2.24, 2.45) is 0 Å². The average molecular weight is 423 g/mol. The molecule has 0 saturated heterocycles. The van der Waals surface area contributed by atoms with Crippen LogP contribution in [0.2, 0.25) is 0 Å². The summed E-state index contributed by atoms with van der Waals surface area (Å²) in [5, 5.41) is 8.52. The molecular weight excluding hydrogens is 396 g/mol. The maximum atomic E-state index is 11.8. The molecule has 0 spiro atoms. The lowest BCUT2D eigenvalue weighted by Crippen LogP contribution is -2.34. The van der Waals surface area contributed by atoms with Crippen LogP contribution in [0.25, 0.3) is 22.4 Å². The average Bonchev–Trinajstić information content (AvgIpc) is 3.14. The number of nitrogens with zero attached hydrogens (tertiary/aromatic N) is 2. The van der Waals surface area contributed by atoms with Crippen molar-refractivity contribution in [2.75, 3.05) is 11.9 Å². The number of thiazole rings is 1. The van der Waals surface area contributed by atoms with Crippen LogP contribution in [0.5, 0.6) is 0 Å². The number of alkyl carbamates (subject to hydrolysis) is 1. The van der Waals surface area contributed by atoms with Gasteiger partial charge in [0.05, 0.1) is 12.2 Å². The summed E-state index contributed by atoms with van der Waals surface area (Å²) in [7, 11) is 0. The zero-order valence-electron chi connectivity index (χ0n) is 17.7. The monoisotopic (exact) mass is 422 g/mol. The molecule has 7 heteroatoms. The third-order valence-electron chi connectivity index (χ3n) is 4.02. The summed E-state index contributed by atoms with van der Waals surface area (Å²) in [4.78, 5) is 20.7. The number of pyridine rings is 1. The minimum Gasteiger partial charge on any atom is -0.444 e. The summed E-state index contributed by atoms with van der Waals surface area (Å²) in [6.07, 6.45) is 1.34. The molecule has 156 valence electrons. The fraction of sp³-hybridized carbons (Fsp3) is 0.261. The summed E-state index contributed by atoms with van der Waals surface area (Å²) < 4.78 is 5.22. The van der Waals surface area contributed by atoms with Gasteiger partial charge in [0.15, 0.2) is 5.13 Å². The number of carbonyl (C=O) groups excluding carboxylic acids is 1. The van der Waals surface area contributed by atoms with Gasteiger partial charge in [0.1, 0.15) is 5.60 Å². The Balaban J connectivity index is 1.63. The standard InChI is InChI=1S/C23H26N4O2S/c1-15-11-18(9-10-24-15)17-7-6-8-19(12-17)20-14-30-21(27-20)26-16(2)13-25-22(28)29-23(3,4)5/h6-12,14H,2,13H2,1,3-5H3,(H,25,28)(H,26,27). The molecule has 0 radical (unpaired) electrons. The Hall–Kier alpha value is -3.19. The van der Waals surface area contributed by atoms with E-state index in [-0.39, 0.29) is 6.54 Å². The van der Waals surface area contributed by atoms with E-state index in [1.54, 1.807) is 0 Å². The van der Waals surface area contributed by atoms with Crippen LogP contribution in [0.3, 0.4) is 0 Å². The Morgan fingerprint density at radius 1 is 1.17 bits per heavy atom. The first-order valence-electron chi connectivity index (χ1n) is 9.60. The molecular formula is C23H26N4O2S. The van der Waals surface area contributed by atoms with Gasteiger partial charge in [0.25, 0.3) is 0 Å². The smallest absolute Gasteiger partial charge is 0.407 e. The maximum Gasteiger partial charge on any atom is 0.407 e. The number of nitrogens with one attached hydrogen (secondary N) is 2. The number of rotatable bonds is 6. The molecule has 0 unspecified atom stereocenters. The van der Waals surface area contributed by atoms with Gasteiger partial charge in [0.2, 0.25) is 0 Å². The van der Waals surface area contributed by atoms with E-state index in [9.17, 15) is 4.79 Å². The van der Waals surface area contributed by atoms with Crippen molar-refractivity contribution in [3.05, 3.63) is 65.9 Å². The molecule has 6 nitrogen and oxygen atoms in total. The number of carbonyl (C=O) groups is 1. The molecule has 0 aliphatic heterocycles. The number of ether oxygens (including phenoxy) is 1. The topological polar surface area (TPSA) is 76.1 Å². The summed E-state index contributed by atoms with van der Waals surface area (Å²) >= 11 is 1.48. The highest BCUT2D eigenvalue weighted by Crippen LogP contribution is 2.29. The van der Waals surface area contributed by atoms with Crippen molar-refractivity contribution in [1.82, 2.24) is 15.3 Å². The maximum absolute atomic E-state index is 11.8. The van der Waals surface area contributed by atoms with E-state index in [2.05, 4.69) is 45.4 Å². The highest BCUT2D eigenvalue weighted by molar-refractivity contribution is 7.14. The molecule has 3 rings (SSSR count). The molecule has 0 aliphatic carbocycles. The second-order valence-corrected chi connectivity index (χ2v) is 8.75. The minimum absolute atomic E-state index is 0.251. The Kier molecular flexibility index (Phi) is 6.52. The van der Waals surface area contributed by atoms with E-state index < -0.39 is 11.7 Å². The van der Waals surface area contributed by atoms with E-state index in [0.29, 0.717) is 10.8 Å². The van der Waals surface area contributed by atoms with Gasteiger partial charge < -0.3 is 15.4 Å². The molecule has 3 aromatic rings. The lowest BCUT2D eigenvalue weighted by Gasteiger charge is -2.20. The second-order valence-electron chi connectivity index (χ2n) is 7.89. The van der Waals surface area contributed by atoms with Gasteiger partial charge >= 0.3 is 6.09 Å². The van der Waals surface area contributed by atoms with Crippen LogP contribution in [-0.2, 0) is 4.74 Å². The van der Waals surface area contributed by atoms with E-state index in [1.165, 1.54) is 11.3 Å². The highest BCUT2D eigenvalue weighted by atomic mass is 32.1. The number of aryl methyl sites for hydroxylation is 1. The van der Waals surface area contributed by atoms with Crippen LogP contribution in [-0.4, -0.2) is 28.2 Å². The fourth-order valence-corrected chi connectivity index (χ4v) is 3.50. The van der Waals surface area contributed by atoms with Gasteiger partial charge in [-0.05, 0) is 57.0 Å². The van der Waals surface area contributed by atoms with Crippen LogP contribution in [0.15, 0.2) is 60.3 Å². The highest BCUT2D eigenvalue weighted by Gasteiger charge is 2.16. The first-order valence-corrected chi connectivity index (χ1v) is 10.5. The minimum atomic E-state index is -0.535. The molecule has 2 aromatic heterocycles. The fourth-order valence-electron chi connectivity index (χ4n) is 2.74. The van der Waals surface area contributed by atoms with E-state index in [0.717, 1.165) is 28.1 Å². The molecule has 30 heavy (non-hydrogen) atoms. The van der Waals surface area contributed by atoms with Gasteiger partial charge in [-0.15, -0.1) is 11.3 Å². The van der Waals surface area contributed by atoms with Crippen molar-refractivity contribution < 1.29 is 9.53 Å².